The van der Waals surface area contributed by atoms with Crippen molar-refractivity contribution in [3.8, 4) is 0 Å². The van der Waals surface area contributed by atoms with Crippen LogP contribution in [0.3, 0.4) is 0 Å². The molecule has 10 heavy (non-hydrogen) atoms. The Balaban J connectivity index is 2.43. The third kappa shape index (κ3) is 1.30. The van der Waals surface area contributed by atoms with Crippen LogP contribution < -0.4 is 5.73 Å². The summed E-state index contributed by atoms with van der Waals surface area (Å²) in [5.74, 6) is 0. The molecule has 0 aromatic rings. The van der Waals surface area contributed by atoms with Gasteiger partial charge >= 0.3 is 0 Å². The van der Waals surface area contributed by atoms with Crippen LogP contribution in [0.15, 0.2) is 12.8 Å². The zero-order valence-electron chi connectivity index (χ0n) is 6.29. The highest BCUT2D eigenvalue weighted by Gasteiger charge is 2.27. The monoisotopic (exact) mass is 142 g/mol. The second-order valence-corrected chi connectivity index (χ2v) is 2.57. The average Bonchev–Trinajstić information content (AvgIpc) is 2.30. The summed E-state index contributed by atoms with van der Waals surface area (Å²) in [6.45, 7) is 5.40. The summed E-state index contributed by atoms with van der Waals surface area (Å²) in [7, 11) is 1.69. The molecule has 1 rings (SSSR count). The van der Waals surface area contributed by atoms with Gasteiger partial charge in [0.05, 0.1) is 12.1 Å². The number of rotatable bonds is 2. The number of ether oxygens (including phenoxy) is 1. The molecule has 58 valence electrons. The summed E-state index contributed by atoms with van der Waals surface area (Å²) in [5, 5.41) is 0. The summed E-state index contributed by atoms with van der Waals surface area (Å²) >= 11 is 0. The lowest BCUT2D eigenvalue weighted by Gasteiger charge is -2.10. The number of nitrogens with two attached hydrogens (primary N) is 1. The zero-order chi connectivity index (χ0) is 7.56. The van der Waals surface area contributed by atoms with Crippen molar-refractivity contribution in [2.45, 2.75) is 12.1 Å². The normalized spacial score (nSPS) is 32.8. The van der Waals surface area contributed by atoms with Gasteiger partial charge in [-0.15, -0.1) is 0 Å². The third-order valence-corrected chi connectivity index (χ3v) is 1.90. The molecule has 2 atom stereocenters. The molecule has 1 fully saturated rings. The van der Waals surface area contributed by atoms with Crippen LogP contribution in [-0.4, -0.2) is 37.2 Å². The van der Waals surface area contributed by atoms with E-state index in [1.165, 1.54) is 0 Å². The van der Waals surface area contributed by atoms with Crippen LogP contribution in [-0.2, 0) is 4.74 Å². The van der Waals surface area contributed by atoms with Gasteiger partial charge in [-0.2, -0.15) is 0 Å². The number of likely N-dealkylation sites (tertiary alicyclic amines) is 1. The SMILES string of the molecule is C=CN1CC(N)C(OC)C1. The lowest BCUT2D eigenvalue weighted by molar-refractivity contribution is 0.102. The first-order chi connectivity index (χ1) is 4.77. The number of nitrogens with zero attached hydrogens (tertiary/aromatic N) is 1. The molecule has 0 aliphatic carbocycles. The Morgan fingerprint density at radius 2 is 2.40 bits per heavy atom. The Kier molecular flexibility index (Phi) is 2.29. The maximum Gasteiger partial charge on any atom is 0.0913 e. The second-order valence-electron chi connectivity index (χ2n) is 2.57. The lowest BCUT2D eigenvalue weighted by atomic mass is 10.2. The Morgan fingerprint density at radius 3 is 2.70 bits per heavy atom. The molecule has 0 bridgehead atoms. The predicted octanol–water partition coefficient (Wildman–Crippen LogP) is -0.212. The van der Waals surface area contributed by atoms with Crippen LogP contribution in [0, 0.1) is 0 Å². The molecular weight excluding hydrogens is 128 g/mol. The van der Waals surface area contributed by atoms with Crippen molar-refractivity contribution in [3.63, 3.8) is 0 Å². The summed E-state index contributed by atoms with van der Waals surface area (Å²) < 4.78 is 5.14. The molecule has 3 nitrogen and oxygen atoms in total. The van der Waals surface area contributed by atoms with Gasteiger partial charge in [0, 0.05) is 20.2 Å². The maximum absolute atomic E-state index is 5.74. The van der Waals surface area contributed by atoms with Crippen LogP contribution in [0.4, 0.5) is 0 Å². The first-order valence-electron chi connectivity index (χ1n) is 3.43. The van der Waals surface area contributed by atoms with Gasteiger partial charge in [0.2, 0.25) is 0 Å². The summed E-state index contributed by atoms with van der Waals surface area (Å²) in [6.07, 6.45) is 1.98. The van der Waals surface area contributed by atoms with E-state index in [-0.39, 0.29) is 12.1 Å². The van der Waals surface area contributed by atoms with E-state index in [9.17, 15) is 0 Å². The first-order valence-corrected chi connectivity index (χ1v) is 3.43. The second kappa shape index (κ2) is 3.03. The van der Waals surface area contributed by atoms with Crippen LogP contribution in [0.25, 0.3) is 0 Å². The summed E-state index contributed by atoms with van der Waals surface area (Å²) in [4.78, 5) is 2.07. The highest BCUT2D eigenvalue weighted by molar-refractivity contribution is 4.91. The third-order valence-electron chi connectivity index (χ3n) is 1.90. The van der Waals surface area contributed by atoms with Crippen LogP contribution >= 0.6 is 0 Å². The van der Waals surface area contributed by atoms with Crippen molar-refractivity contribution in [2.75, 3.05) is 20.2 Å². The van der Waals surface area contributed by atoms with Gasteiger partial charge in [-0.3, -0.25) is 0 Å². The Bertz CT molecular complexity index is 127. The fourth-order valence-electron chi connectivity index (χ4n) is 1.23. The van der Waals surface area contributed by atoms with Gasteiger partial charge in [-0.25, -0.2) is 0 Å². The highest BCUT2D eigenvalue weighted by atomic mass is 16.5. The molecule has 3 heteroatoms. The largest absolute Gasteiger partial charge is 0.378 e. The van der Waals surface area contributed by atoms with E-state index < -0.39 is 0 Å². The number of methoxy groups -OCH3 is 1. The van der Waals surface area contributed by atoms with E-state index in [2.05, 4.69) is 11.5 Å². The van der Waals surface area contributed by atoms with Crippen molar-refractivity contribution >= 4 is 0 Å². The molecule has 0 aromatic carbocycles. The fourth-order valence-corrected chi connectivity index (χ4v) is 1.23. The summed E-state index contributed by atoms with van der Waals surface area (Å²) in [6, 6.07) is 0.142. The van der Waals surface area contributed by atoms with E-state index in [0.29, 0.717) is 0 Å². The molecule has 0 amide bonds. The van der Waals surface area contributed by atoms with Crippen LogP contribution in [0.1, 0.15) is 0 Å². The molecule has 0 aromatic heterocycles. The molecule has 2 unspecified atom stereocenters. The Hall–Kier alpha value is -0.540. The molecule has 1 heterocycles. The molecule has 1 saturated heterocycles. The van der Waals surface area contributed by atoms with Crippen molar-refractivity contribution in [1.29, 1.82) is 0 Å². The van der Waals surface area contributed by atoms with Crippen molar-refractivity contribution in [1.82, 2.24) is 4.90 Å². The molecule has 0 saturated carbocycles. The highest BCUT2D eigenvalue weighted by Crippen LogP contribution is 2.10. The molecule has 0 spiro atoms. The maximum atomic E-state index is 5.74. The van der Waals surface area contributed by atoms with Gasteiger partial charge in [0.25, 0.3) is 0 Å². The van der Waals surface area contributed by atoms with E-state index in [4.69, 9.17) is 10.5 Å². The van der Waals surface area contributed by atoms with Crippen molar-refractivity contribution < 1.29 is 4.74 Å². The molecule has 1 aliphatic rings. The van der Waals surface area contributed by atoms with Crippen LogP contribution in [0.5, 0.6) is 0 Å². The number of hydrogen-bond donors (Lipinski definition) is 1. The smallest absolute Gasteiger partial charge is 0.0913 e. The minimum atomic E-state index is 0.142. The van der Waals surface area contributed by atoms with E-state index in [0.717, 1.165) is 13.1 Å². The Labute approximate surface area is 61.4 Å². The topological polar surface area (TPSA) is 38.5 Å². The van der Waals surface area contributed by atoms with Gasteiger partial charge in [0.15, 0.2) is 0 Å². The van der Waals surface area contributed by atoms with Crippen molar-refractivity contribution in [3.05, 3.63) is 12.8 Å². The molecule has 1 aliphatic heterocycles. The number of hydrogen-bond acceptors (Lipinski definition) is 3. The summed E-state index contributed by atoms with van der Waals surface area (Å²) in [5.41, 5.74) is 5.74. The first kappa shape index (κ1) is 7.57. The molecule has 0 radical (unpaired) electrons. The lowest BCUT2D eigenvalue weighted by Crippen LogP contribution is -2.34. The van der Waals surface area contributed by atoms with Gasteiger partial charge < -0.3 is 15.4 Å². The van der Waals surface area contributed by atoms with Gasteiger partial charge in [-0.05, 0) is 6.20 Å². The fraction of sp³-hybridized carbons (Fsp3) is 0.714. The van der Waals surface area contributed by atoms with E-state index in [1.54, 1.807) is 13.3 Å². The molecule has 2 N–H and O–H groups in total. The standard InChI is InChI=1S/C7H14N2O/c1-3-9-4-6(8)7(5-9)10-2/h3,6-7H,1,4-5,8H2,2H3. The average molecular weight is 142 g/mol. The van der Waals surface area contributed by atoms with Crippen molar-refractivity contribution in [2.24, 2.45) is 5.73 Å². The Morgan fingerprint density at radius 1 is 1.70 bits per heavy atom. The van der Waals surface area contributed by atoms with Gasteiger partial charge in [0.1, 0.15) is 0 Å². The van der Waals surface area contributed by atoms with Crippen LogP contribution in [0.2, 0.25) is 0 Å². The minimum absolute atomic E-state index is 0.142. The molecular formula is C7H14N2O. The van der Waals surface area contributed by atoms with E-state index in [1.807, 2.05) is 0 Å². The van der Waals surface area contributed by atoms with E-state index >= 15 is 0 Å². The quantitative estimate of drug-likeness (QED) is 0.579. The minimum Gasteiger partial charge on any atom is -0.378 e. The van der Waals surface area contributed by atoms with Gasteiger partial charge in [-0.1, -0.05) is 6.58 Å². The predicted molar refractivity (Wildman–Crippen MR) is 40.5 cm³/mol. The zero-order valence-corrected chi connectivity index (χ0v) is 6.29.